The fourth-order valence-corrected chi connectivity index (χ4v) is 3.94. The third-order valence-electron chi connectivity index (χ3n) is 4.78. The van der Waals surface area contributed by atoms with Crippen molar-refractivity contribution in [2.75, 3.05) is 35.0 Å². The van der Waals surface area contributed by atoms with Gasteiger partial charge in [0.1, 0.15) is 11.5 Å². The minimum Gasteiger partial charge on any atom is -0.497 e. The van der Waals surface area contributed by atoms with Crippen LogP contribution in [0.3, 0.4) is 0 Å². The molecule has 3 rings (SSSR count). The van der Waals surface area contributed by atoms with Gasteiger partial charge in [0.15, 0.2) is 11.5 Å². The molecule has 0 atom stereocenters. The van der Waals surface area contributed by atoms with E-state index in [0.29, 0.717) is 29.5 Å². The highest BCUT2D eigenvalue weighted by atomic mass is 32.1. The molecule has 1 aromatic heterocycles. The maximum atomic E-state index is 5.62. The molecule has 7 nitrogen and oxygen atoms in total. The SMILES string of the molecule is C=CCN=c1scc(-c2ccc(OC)cc2OC)n1N=C(C)c1ccc(OC)c(OC)c1. The number of hydrogen-bond donors (Lipinski definition) is 0. The summed E-state index contributed by atoms with van der Waals surface area (Å²) in [5.41, 5.74) is 3.44. The van der Waals surface area contributed by atoms with Crippen molar-refractivity contribution in [1.82, 2.24) is 4.68 Å². The lowest BCUT2D eigenvalue weighted by molar-refractivity contribution is 0.355. The first kappa shape index (κ1) is 23.1. The van der Waals surface area contributed by atoms with Gasteiger partial charge >= 0.3 is 0 Å². The molecule has 0 aliphatic rings. The summed E-state index contributed by atoms with van der Waals surface area (Å²) in [5, 5.41) is 6.91. The molecule has 1 heterocycles. The summed E-state index contributed by atoms with van der Waals surface area (Å²) in [6, 6.07) is 11.4. The number of aromatic nitrogens is 1. The molecule has 0 N–H and O–H groups in total. The Kier molecular flexibility index (Phi) is 7.72. The molecule has 8 heteroatoms. The summed E-state index contributed by atoms with van der Waals surface area (Å²) in [7, 11) is 6.49. The van der Waals surface area contributed by atoms with E-state index < -0.39 is 0 Å². The molecule has 0 amide bonds. The highest BCUT2D eigenvalue weighted by molar-refractivity contribution is 7.07. The molecule has 168 valence electrons. The van der Waals surface area contributed by atoms with E-state index in [1.807, 2.05) is 53.4 Å². The van der Waals surface area contributed by atoms with Crippen LogP contribution >= 0.6 is 11.3 Å². The number of hydrogen-bond acceptors (Lipinski definition) is 7. The number of rotatable bonds is 9. The standard InChI is InChI=1S/C24H27N3O4S/c1-7-12-25-24-27(26-16(2)17-8-11-21(29-4)23(13-17)31-6)20(15-32-24)19-10-9-18(28-3)14-22(19)30-5/h7-11,13-15H,1,12H2,2-6H3. The second-order valence-corrected chi connectivity index (χ2v) is 7.50. The van der Waals surface area contributed by atoms with Crippen LogP contribution in [0.15, 0.2) is 64.5 Å². The molecule has 2 aromatic carbocycles. The van der Waals surface area contributed by atoms with E-state index in [0.717, 1.165) is 27.3 Å². The minimum absolute atomic E-state index is 0.491. The number of thiazole rings is 1. The Balaban J connectivity index is 2.17. The smallest absolute Gasteiger partial charge is 0.206 e. The van der Waals surface area contributed by atoms with Gasteiger partial charge in [0.2, 0.25) is 4.80 Å². The van der Waals surface area contributed by atoms with Gasteiger partial charge in [0.05, 0.1) is 46.4 Å². The molecule has 32 heavy (non-hydrogen) atoms. The second kappa shape index (κ2) is 10.7. The Hall–Kier alpha value is -3.52. The van der Waals surface area contributed by atoms with Crippen molar-refractivity contribution in [2.24, 2.45) is 10.1 Å². The van der Waals surface area contributed by atoms with Crippen LogP contribution in [0.1, 0.15) is 12.5 Å². The molecule has 3 aromatic rings. The summed E-state index contributed by atoms with van der Waals surface area (Å²) in [4.78, 5) is 5.36. The van der Waals surface area contributed by atoms with Crippen LogP contribution in [0.4, 0.5) is 0 Å². The van der Waals surface area contributed by atoms with E-state index in [1.165, 1.54) is 11.3 Å². The predicted octanol–water partition coefficient (Wildman–Crippen LogP) is 4.61. The van der Waals surface area contributed by atoms with Gasteiger partial charge in [-0.25, -0.2) is 4.68 Å². The Bertz CT molecular complexity index is 1190. The van der Waals surface area contributed by atoms with Crippen molar-refractivity contribution < 1.29 is 18.9 Å². The largest absolute Gasteiger partial charge is 0.497 e. The summed E-state index contributed by atoms with van der Waals surface area (Å²) in [5.74, 6) is 2.71. The van der Waals surface area contributed by atoms with E-state index >= 15 is 0 Å². The minimum atomic E-state index is 0.491. The first-order valence-corrected chi connectivity index (χ1v) is 10.8. The van der Waals surface area contributed by atoms with Crippen LogP contribution in [0.5, 0.6) is 23.0 Å². The third-order valence-corrected chi connectivity index (χ3v) is 5.63. The maximum absolute atomic E-state index is 5.62. The Morgan fingerprint density at radius 1 is 0.969 bits per heavy atom. The molecule has 0 aliphatic carbocycles. The Morgan fingerprint density at radius 2 is 1.72 bits per heavy atom. The first-order valence-electron chi connectivity index (χ1n) is 9.88. The fraction of sp³-hybridized carbons (Fsp3) is 0.250. The molecule has 0 aliphatic heterocycles. The highest BCUT2D eigenvalue weighted by Crippen LogP contribution is 2.34. The zero-order chi connectivity index (χ0) is 23.1. The zero-order valence-corrected chi connectivity index (χ0v) is 19.7. The number of ether oxygens (including phenoxy) is 4. The van der Waals surface area contributed by atoms with Crippen molar-refractivity contribution in [2.45, 2.75) is 6.92 Å². The third kappa shape index (κ3) is 4.86. The first-order chi connectivity index (χ1) is 15.6. The van der Waals surface area contributed by atoms with Gasteiger partial charge < -0.3 is 18.9 Å². The predicted molar refractivity (Wildman–Crippen MR) is 129 cm³/mol. The van der Waals surface area contributed by atoms with Gasteiger partial charge in [-0.1, -0.05) is 6.08 Å². The van der Waals surface area contributed by atoms with E-state index in [1.54, 1.807) is 34.5 Å². The van der Waals surface area contributed by atoms with Crippen molar-refractivity contribution in [3.05, 3.63) is 64.8 Å². The van der Waals surface area contributed by atoms with E-state index in [2.05, 4.69) is 11.6 Å². The average molecular weight is 454 g/mol. The van der Waals surface area contributed by atoms with Gasteiger partial charge in [-0.2, -0.15) is 5.10 Å². The van der Waals surface area contributed by atoms with Gasteiger partial charge in [-0.3, -0.25) is 4.99 Å². The molecule has 0 unspecified atom stereocenters. The quantitative estimate of drug-likeness (QED) is 0.351. The number of methoxy groups -OCH3 is 4. The molecule has 0 bridgehead atoms. The van der Waals surface area contributed by atoms with E-state index in [-0.39, 0.29) is 0 Å². The summed E-state index contributed by atoms with van der Waals surface area (Å²) in [6.07, 6.45) is 1.75. The lowest BCUT2D eigenvalue weighted by Crippen LogP contribution is -2.15. The van der Waals surface area contributed by atoms with Crippen molar-refractivity contribution >= 4 is 17.0 Å². The lowest BCUT2D eigenvalue weighted by Gasteiger charge is -2.12. The molecule has 0 fully saturated rings. The van der Waals surface area contributed by atoms with Gasteiger partial charge in [-0.05, 0) is 37.3 Å². The molecule has 0 radical (unpaired) electrons. The van der Waals surface area contributed by atoms with Crippen LogP contribution in [0.2, 0.25) is 0 Å². The summed E-state index contributed by atoms with van der Waals surface area (Å²) >= 11 is 1.50. The van der Waals surface area contributed by atoms with Crippen LogP contribution in [0, 0.1) is 0 Å². The highest BCUT2D eigenvalue weighted by Gasteiger charge is 2.15. The summed E-state index contributed by atoms with van der Waals surface area (Å²) < 4.78 is 23.6. The van der Waals surface area contributed by atoms with E-state index in [4.69, 9.17) is 24.0 Å². The zero-order valence-electron chi connectivity index (χ0n) is 18.9. The van der Waals surface area contributed by atoms with Gasteiger partial charge in [0.25, 0.3) is 0 Å². The molecule has 0 spiro atoms. The average Bonchev–Trinajstić information content (AvgIpc) is 3.23. The molecule has 0 saturated heterocycles. The molecule has 0 saturated carbocycles. The molecular weight excluding hydrogens is 426 g/mol. The fourth-order valence-electron chi connectivity index (χ4n) is 3.11. The normalized spacial score (nSPS) is 11.9. The Labute approximate surface area is 191 Å². The van der Waals surface area contributed by atoms with Gasteiger partial charge in [0, 0.05) is 22.6 Å². The molecular formula is C24H27N3O4S. The van der Waals surface area contributed by atoms with Crippen LogP contribution in [-0.4, -0.2) is 45.4 Å². The van der Waals surface area contributed by atoms with Gasteiger partial charge in [-0.15, -0.1) is 17.9 Å². The van der Waals surface area contributed by atoms with Crippen molar-refractivity contribution in [3.8, 4) is 34.3 Å². The van der Waals surface area contributed by atoms with E-state index in [9.17, 15) is 0 Å². The van der Waals surface area contributed by atoms with Crippen molar-refractivity contribution in [1.29, 1.82) is 0 Å². The second-order valence-electron chi connectivity index (χ2n) is 6.67. The summed E-state index contributed by atoms with van der Waals surface area (Å²) in [6.45, 7) is 6.20. The number of nitrogens with zero attached hydrogens (tertiary/aromatic N) is 3. The topological polar surface area (TPSA) is 66.6 Å². The monoisotopic (exact) mass is 453 g/mol. The Morgan fingerprint density at radius 3 is 2.38 bits per heavy atom. The number of benzene rings is 2. The van der Waals surface area contributed by atoms with Crippen molar-refractivity contribution in [3.63, 3.8) is 0 Å². The maximum Gasteiger partial charge on any atom is 0.206 e. The lowest BCUT2D eigenvalue weighted by atomic mass is 10.1. The van der Waals surface area contributed by atoms with Crippen LogP contribution in [0.25, 0.3) is 11.3 Å². The van der Waals surface area contributed by atoms with Crippen LogP contribution in [-0.2, 0) is 0 Å². The van der Waals surface area contributed by atoms with Crippen LogP contribution < -0.4 is 23.7 Å².